The van der Waals surface area contributed by atoms with Crippen molar-refractivity contribution >= 4 is 0 Å². The van der Waals surface area contributed by atoms with Gasteiger partial charge in [0.1, 0.15) is 0 Å². The molecule has 1 rings (SSSR count). The predicted molar refractivity (Wildman–Crippen MR) is 63.3 cm³/mol. The maximum Gasteiger partial charge on any atom is -0.00205 e. The molecule has 84 valence electrons. The van der Waals surface area contributed by atoms with Gasteiger partial charge in [0.2, 0.25) is 0 Å². The van der Waals surface area contributed by atoms with Crippen LogP contribution in [0.4, 0.5) is 0 Å². The molecule has 0 aliphatic heterocycles. The minimum Gasteiger partial charge on any atom is -0.330 e. The van der Waals surface area contributed by atoms with Crippen molar-refractivity contribution in [1.82, 2.24) is 0 Å². The summed E-state index contributed by atoms with van der Waals surface area (Å²) < 4.78 is 0. The van der Waals surface area contributed by atoms with E-state index in [2.05, 4.69) is 6.92 Å². The fourth-order valence-corrected chi connectivity index (χ4v) is 2.78. The average Bonchev–Trinajstić information content (AvgIpc) is 2.67. The molecule has 0 spiro atoms. The lowest BCUT2D eigenvalue weighted by atomic mass is 9.81. The second-order valence-electron chi connectivity index (χ2n) is 5.08. The molecular weight excluding hydrogens is 170 g/mol. The van der Waals surface area contributed by atoms with Gasteiger partial charge in [-0.15, -0.1) is 0 Å². The standard InChI is InChI=1S/C13H27N/c1-2-3-4-5-6-9-13(12-14)10-7-8-11-13/h2-12,14H2,1H3. The highest BCUT2D eigenvalue weighted by atomic mass is 14.6. The molecular formula is C13H27N. The van der Waals surface area contributed by atoms with Crippen molar-refractivity contribution in [3.05, 3.63) is 0 Å². The molecule has 1 heteroatoms. The van der Waals surface area contributed by atoms with Crippen LogP contribution in [0.25, 0.3) is 0 Å². The Hall–Kier alpha value is -0.0400. The Kier molecular flexibility index (Phi) is 5.54. The maximum absolute atomic E-state index is 5.91. The molecule has 1 aliphatic rings. The fraction of sp³-hybridized carbons (Fsp3) is 1.00. The molecule has 0 bridgehead atoms. The van der Waals surface area contributed by atoms with Crippen LogP contribution in [0.15, 0.2) is 0 Å². The maximum atomic E-state index is 5.91. The molecule has 1 fully saturated rings. The molecule has 0 amide bonds. The van der Waals surface area contributed by atoms with E-state index in [0.717, 1.165) is 6.54 Å². The van der Waals surface area contributed by atoms with Crippen molar-refractivity contribution in [2.45, 2.75) is 71.1 Å². The van der Waals surface area contributed by atoms with E-state index in [0.29, 0.717) is 5.41 Å². The molecule has 1 nitrogen and oxygen atoms in total. The first kappa shape index (κ1) is 12.0. The minimum absolute atomic E-state index is 0.562. The van der Waals surface area contributed by atoms with E-state index in [9.17, 15) is 0 Å². The summed E-state index contributed by atoms with van der Waals surface area (Å²) >= 11 is 0. The first-order valence-electron chi connectivity index (χ1n) is 6.53. The Morgan fingerprint density at radius 3 is 2.21 bits per heavy atom. The van der Waals surface area contributed by atoms with Crippen LogP contribution < -0.4 is 5.73 Å². The molecule has 0 aromatic carbocycles. The highest BCUT2D eigenvalue weighted by Gasteiger charge is 2.31. The van der Waals surface area contributed by atoms with Gasteiger partial charge in [0.15, 0.2) is 0 Å². The highest BCUT2D eigenvalue weighted by molar-refractivity contribution is 4.85. The van der Waals surface area contributed by atoms with Gasteiger partial charge < -0.3 is 5.73 Å². The van der Waals surface area contributed by atoms with Gasteiger partial charge in [0, 0.05) is 0 Å². The SMILES string of the molecule is CCCCCCCC1(CN)CCCC1. The van der Waals surface area contributed by atoms with E-state index >= 15 is 0 Å². The molecule has 0 aromatic rings. The van der Waals surface area contributed by atoms with E-state index in [1.807, 2.05) is 0 Å². The lowest BCUT2D eigenvalue weighted by molar-refractivity contribution is 0.271. The smallest absolute Gasteiger partial charge is 0.00205 e. The Labute approximate surface area is 89.5 Å². The summed E-state index contributed by atoms with van der Waals surface area (Å²) in [6.45, 7) is 3.21. The third-order valence-electron chi connectivity index (χ3n) is 3.91. The zero-order valence-electron chi connectivity index (χ0n) is 9.86. The molecule has 1 aliphatic carbocycles. The predicted octanol–water partition coefficient (Wildman–Crippen LogP) is 3.87. The zero-order valence-corrected chi connectivity index (χ0v) is 9.86. The van der Waals surface area contributed by atoms with Crippen molar-refractivity contribution in [3.63, 3.8) is 0 Å². The largest absolute Gasteiger partial charge is 0.330 e. The first-order chi connectivity index (χ1) is 6.83. The Morgan fingerprint density at radius 1 is 1.00 bits per heavy atom. The number of unbranched alkanes of at least 4 members (excludes halogenated alkanes) is 4. The molecule has 0 saturated heterocycles. The summed E-state index contributed by atoms with van der Waals surface area (Å²) in [5.41, 5.74) is 6.47. The molecule has 2 N–H and O–H groups in total. The molecule has 0 heterocycles. The van der Waals surface area contributed by atoms with Crippen LogP contribution in [0.2, 0.25) is 0 Å². The lowest BCUT2D eigenvalue weighted by Crippen LogP contribution is -2.27. The third-order valence-corrected chi connectivity index (χ3v) is 3.91. The number of nitrogens with two attached hydrogens (primary N) is 1. The Morgan fingerprint density at radius 2 is 1.64 bits per heavy atom. The molecule has 0 radical (unpaired) electrons. The monoisotopic (exact) mass is 197 g/mol. The summed E-state index contributed by atoms with van der Waals surface area (Å²) in [5.74, 6) is 0. The molecule has 1 saturated carbocycles. The average molecular weight is 197 g/mol. The third kappa shape index (κ3) is 3.61. The van der Waals surface area contributed by atoms with Crippen LogP contribution >= 0.6 is 0 Å². The van der Waals surface area contributed by atoms with Crippen molar-refractivity contribution in [2.24, 2.45) is 11.1 Å². The van der Waals surface area contributed by atoms with Gasteiger partial charge in [-0.1, -0.05) is 51.9 Å². The van der Waals surface area contributed by atoms with Gasteiger partial charge in [-0.3, -0.25) is 0 Å². The molecule has 0 atom stereocenters. The number of hydrogen-bond acceptors (Lipinski definition) is 1. The summed E-state index contributed by atoms with van der Waals surface area (Å²) in [7, 11) is 0. The lowest BCUT2D eigenvalue weighted by Gasteiger charge is -2.27. The summed E-state index contributed by atoms with van der Waals surface area (Å²) in [4.78, 5) is 0. The second-order valence-corrected chi connectivity index (χ2v) is 5.08. The van der Waals surface area contributed by atoms with E-state index in [4.69, 9.17) is 5.73 Å². The van der Waals surface area contributed by atoms with Crippen molar-refractivity contribution < 1.29 is 0 Å². The highest BCUT2D eigenvalue weighted by Crippen LogP contribution is 2.41. The molecule has 14 heavy (non-hydrogen) atoms. The number of rotatable bonds is 7. The minimum atomic E-state index is 0.562. The Balaban J connectivity index is 2.08. The van der Waals surface area contributed by atoms with Crippen molar-refractivity contribution in [1.29, 1.82) is 0 Å². The van der Waals surface area contributed by atoms with Gasteiger partial charge in [0.05, 0.1) is 0 Å². The number of hydrogen-bond donors (Lipinski definition) is 1. The summed E-state index contributed by atoms with van der Waals surface area (Å²) in [5, 5.41) is 0. The van der Waals surface area contributed by atoms with Crippen LogP contribution in [-0.2, 0) is 0 Å². The van der Waals surface area contributed by atoms with E-state index in [-0.39, 0.29) is 0 Å². The van der Waals surface area contributed by atoms with Crippen LogP contribution in [0.5, 0.6) is 0 Å². The van der Waals surface area contributed by atoms with Gasteiger partial charge in [-0.25, -0.2) is 0 Å². The zero-order chi connectivity index (χ0) is 10.3. The quantitative estimate of drug-likeness (QED) is 0.616. The molecule has 0 unspecified atom stereocenters. The van der Waals surface area contributed by atoms with Crippen LogP contribution in [-0.4, -0.2) is 6.54 Å². The van der Waals surface area contributed by atoms with E-state index < -0.39 is 0 Å². The fourth-order valence-electron chi connectivity index (χ4n) is 2.78. The van der Waals surface area contributed by atoms with Gasteiger partial charge in [-0.2, -0.15) is 0 Å². The van der Waals surface area contributed by atoms with Crippen LogP contribution in [0.1, 0.15) is 71.1 Å². The summed E-state index contributed by atoms with van der Waals surface area (Å²) in [6.07, 6.45) is 14.1. The van der Waals surface area contributed by atoms with Crippen LogP contribution in [0.3, 0.4) is 0 Å². The van der Waals surface area contributed by atoms with E-state index in [1.54, 1.807) is 0 Å². The Bertz CT molecular complexity index is 136. The van der Waals surface area contributed by atoms with Crippen molar-refractivity contribution in [3.8, 4) is 0 Å². The normalized spacial score (nSPS) is 20.1. The second kappa shape index (κ2) is 6.44. The topological polar surface area (TPSA) is 26.0 Å². The van der Waals surface area contributed by atoms with Gasteiger partial charge >= 0.3 is 0 Å². The van der Waals surface area contributed by atoms with Gasteiger partial charge in [-0.05, 0) is 31.2 Å². The van der Waals surface area contributed by atoms with Crippen LogP contribution in [0, 0.1) is 5.41 Å². The van der Waals surface area contributed by atoms with E-state index in [1.165, 1.54) is 64.2 Å². The van der Waals surface area contributed by atoms with Crippen molar-refractivity contribution in [2.75, 3.05) is 6.54 Å². The summed E-state index contributed by atoms with van der Waals surface area (Å²) in [6, 6.07) is 0. The first-order valence-corrected chi connectivity index (χ1v) is 6.53. The molecule has 0 aromatic heterocycles. The van der Waals surface area contributed by atoms with Gasteiger partial charge in [0.25, 0.3) is 0 Å².